The molecule has 0 radical (unpaired) electrons. The lowest BCUT2D eigenvalue weighted by atomic mass is 9.98. The molecule has 7 heteroatoms. The van der Waals surface area contributed by atoms with Crippen molar-refractivity contribution in [3.8, 4) is 11.5 Å². The minimum atomic E-state index is 0. The molecule has 1 fully saturated rings. The van der Waals surface area contributed by atoms with Gasteiger partial charge in [-0.05, 0) is 77.6 Å². The van der Waals surface area contributed by atoms with Crippen LogP contribution in [0.4, 0.5) is 0 Å². The van der Waals surface area contributed by atoms with Crippen molar-refractivity contribution in [2.75, 3.05) is 26.7 Å². The highest BCUT2D eigenvalue weighted by Gasteiger charge is 2.14. The normalized spacial score (nSPS) is 13.9. The van der Waals surface area contributed by atoms with Gasteiger partial charge in [0.25, 0.3) is 0 Å². The minimum Gasteiger partial charge on any atom is -0.493 e. The average molecular weight is 492 g/mol. The van der Waals surface area contributed by atoms with Gasteiger partial charge < -0.3 is 20.1 Å². The van der Waals surface area contributed by atoms with E-state index in [0.29, 0.717) is 6.61 Å². The number of nitrogens with one attached hydrogen (secondary N) is 2. The zero-order chi connectivity index (χ0) is 18.2. The van der Waals surface area contributed by atoms with E-state index in [4.69, 9.17) is 9.47 Å². The van der Waals surface area contributed by atoms with Crippen molar-refractivity contribution in [3.05, 3.63) is 58.1 Å². The first-order chi connectivity index (χ1) is 12.8. The van der Waals surface area contributed by atoms with Crippen LogP contribution in [0.25, 0.3) is 0 Å². The predicted octanol–water partition coefficient (Wildman–Crippen LogP) is 4.97. The summed E-state index contributed by atoms with van der Waals surface area (Å²) in [5, 5.41) is 6.99. The van der Waals surface area contributed by atoms with Gasteiger partial charge >= 0.3 is 0 Å². The third-order valence-electron chi connectivity index (χ3n) is 4.74. The lowest BCUT2D eigenvalue weighted by molar-refractivity contribution is 0.282. The van der Waals surface area contributed by atoms with Crippen LogP contribution >= 0.6 is 40.7 Å². The largest absolute Gasteiger partial charge is 0.493 e. The molecule has 2 N–H and O–H groups in total. The molecule has 2 aromatic carbocycles. The third kappa shape index (κ3) is 7.45. The fraction of sp³-hybridized carbons (Fsp3) is 0.429. The molecule has 0 aliphatic carbocycles. The van der Waals surface area contributed by atoms with Crippen molar-refractivity contribution < 1.29 is 9.47 Å². The Morgan fingerprint density at radius 3 is 2.46 bits per heavy atom. The van der Waals surface area contributed by atoms with Crippen molar-refractivity contribution >= 4 is 40.7 Å². The molecular formula is C21H29BrCl2N2O2. The zero-order valence-electron chi connectivity index (χ0n) is 16.1. The summed E-state index contributed by atoms with van der Waals surface area (Å²) in [5.41, 5.74) is 2.32. The second kappa shape index (κ2) is 13.3. The first kappa shape index (κ1) is 25.1. The summed E-state index contributed by atoms with van der Waals surface area (Å²) in [6.07, 6.45) is 2.51. The Bertz CT molecular complexity index is 698. The Morgan fingerprint density at radius 2 is 1.79 bits per heavy atom. The van der Waals surface area contributed by atoms with Crippen LogP contribution in [-0.2, 0) is 13.2 Å². The van der Waals surface area contributed by atoms with Crippen LogP contribution in [0, 0.1) is 5.92 Å². The van der Waals surface area contributed by atoms with Crippen LogP contribution in [0.3, 0.4) is 0 Å². The molecule has 1 aliphatic heterocycles. The molecule has 156 valence electrons. The van der Waals surface area contributed by atoms with Crippen molar-refractivity contribution in [1.82, 2.24) is 10.6 Å². The maximum Gasteiger partial charge on any atom is 0.175 e. The molecule has 1 aliphatic rings. The molecule has 0 spiro atoms. The van der Waals surface area contributed by atoms with Gasteiger partial charge in [-0.2, -0.15) is 0 Å². The third-order valence-corrected chi connectivity index (χ3v) is 5.33. The van der Waals surface area contributed by atoms with Crippen LogP contribution in [0.5, 0.6) is 11.5 Å². The molecule has 1 saturated heterocycles. The molecule has 0 aromatic heterocycles. The lowest BCUT2D eigenvalue weighted by Crippen LogP contribution is -2.33. The van der Waals surface area contributed by atoms with Gasteiger partial charge in [0.2, 0.25) is 0 Å². The zero-order valence-corrected chi connectivity index (χ0v) is 19.3. The molecule has 2 aromatic rings. The Labute approximate surface area is 188 Å². The van der Waals surface area contributed by atoms with Crippen molar-refractivity contribution in [2.24, 2.45) is 5.92 Å². The summed E-state index contributed by atoms with van der Waals surface area (Å²) in [5.74, 6) is 2.28. The standard InChI is InChI=1S/C21H27BrN2O2.2ClH/c1-25-20-12-18(14-24-13-16-7-9-23-10-8-16)11-19(22)21(20)26-15-17-5-3-2-4-6-17;;/h2-6,11-12,16,23-24H,7-10,13-15H2,1H3;2*1H. The molecule has 28 heavy (non-hydrogen) atoms. The summed E-state index contributed by atoms with van der Waals surface area (Å²) in [4.78, 5) is 0. The van der Waals surface area contributed by atoms with Crippen LogP contribution < -0.4 is 20.1 Å². The number of rotatable bonds is 8. The SMILES string of the molecule is COc1cc(CNCC2CCNCC2)cc(Br)c1OCc1ccccc1.Cl.Cl. The van der Waals surface area contributed by atoms with Gasteiger partial charge in [0.1, 0.15) is 6.61 Å². The van der Waals surface area contributed by atoms with Gasteiger partial charge in [0.05, 0.1) is 11.6 Å². The number of halogens is 3. The van der Waals surface area contributed by atoms with Crippen LogP contribution in [0.1, 0.15) is 24.0 Å². The van der Waals surface area contributed by atoms with E-state index in [0.717, 1.165) is 53.6 Å². The predicted molar refractivity (Wildman–Crippen MR) is 123 cm³/mol. The van der Waals surface area contributed by atoms with E-state index < -0.39 is 0 Å². The van der Waals surface area contributed by atoms with Crippen molar-refractivity contribution in [2.45, 2.75) is 26.0 Å². The lowest BCUT2D eigenvalue weighted by Gasteiger charge is -2.23. The van der Waals surface area contributed by atoms with Crippen LogP contribution in [0.15, 0.2) is 46.9 Å². The molecule has 1 heterocycles. The minimum absolute atomic E-state index is 0. The maximum atomic E-state index is 6.00. The highest BCUT2D eigenvalue weighted by molar-refractivity contribution is 9.10. The van der Waals surface area contributed by atoms with E-state index >= 15 is 0 Å². The van der Waals surface area contributed by atoms with Crippen molar-refractivity contribution in [3.63, 3.8) is 0 Å². The summed E-state index contributed by atoms with van der Waals surface area (Å²) in [7, 11) is 1.68. The molecule has 4 nitrogen and oxygen atoms in total. The molecule has 0 saturated carbocycles. The maximum absolute atomic E-state index is 6.00. The smallest absolute Gasteiger partial charge is 0.175 e. The Hall–Kier alpha value is -0.980. The molecule has 0 amide bonds. The van der Waals surface area contributed by atoms with E-state index in [1.807, 2.05) is 18.2 Å². The number of hydrogen-bond donors (Lipinski definition) is 2. The van der Waals surface area contributed by atoms with Gasteiger partial charge in [-0.25, -0.2) is 0 Å². The quantitative estimate of drug-likeness (QED) is 0.547. The summed E-state index contributed by atoms with van der Waals surface area (Å²) in [6, 6.07) is 14.3. The topological polar surface area (TPSA) is 42.5 Å². The molecular weight excluding hydrogens is 463 g/mol. The fourth-order valence-electron chi connectivity index (χ4n) is 3.25. The number of benzene rings is 2. The number of piperidine rings is 1. The van der Waals surface area contributed by atoms with Gasteiger partial charge in [0.15, 0.2) is 11.5 Å². The molecule has 0 bridgehead atoms. The van der Waals surface area contributed by atoms with Crippen LogP contribution in [0.2, 0.25) is 0 Å². The second-order valence-electron chi connectivity index (χ2n) is 6.71. The summed E-state index contributed by atoms with van der Waals surface area (Å²) in [6.45, 7) is 4.69. The Kier molecular flexibility index (Phi) is 11.9. The van der Waals surface area contributed by atoms with E-state index in [1.165, 1.54) is 18.4 Å². The number of ether oxygens (including phenoxy) is 2. The first-order valence-electron chi connectivity index (χ1n) is 9.21. The van der Waals surface area contributed by atoms with E-state index in [2.05, 4.69) is 50.8 Å². The molecule has 3 rings (SSSR count). The van der Waals surface area contributed by atoms with Gasteiger partial charge in [-0.15, -0.1) is 24.8 Å². The van der Waals surface area contributed by atoms with E-state index in [9.17, 15) is 0 Å². The Balaban J connectivity index is 0.00000196. The fourth-order valence-corrected chi connectivity index (χ4v) is 3.86. The highest BCUT2D eigenvalue weighted by Crippen LogP contribution is 2.37. The second-order valence-corrected chi connectivity index (χ2v) is 7.56. The van der Waals surface area contributed by atoms with E-state index in [1.54, 1.807) is 7.11 Å². The van der Waals surface area contributed by atoms with Gasteiger partial charge in [-0.1, -0.05) is 30.3 Å². The number of methoxy groups -OCH3 is 1. The summed E-state index contributed by atoms with van der Waals surface area (Å²) < 4.78 is 12.5. The monoisotopic (exact) mass is 490 g/mol. The molecule has 0 atom stereocenters. The average Bonchev–Trinajstić information content (AvgIpc) is 2.68. The highest BCUT2D eigenvalue weighted by atomic mass is 79.9. The van der Waals surface area contributed by atoms with Gasteiger partial charge in [0, 0.05) is 6.54 Å². The van der Waals surface area contributed by atoms with Gasteiger partial charge in [-0.3, -0.25) is 0 Å². The summed E-state index contributed by atoms with van der Waals surface area (Å²) >= 11 is 3.64. The first-order valence-corrected chi connectivity index (χ1v) is 10.00. The van der Waals surface area contributed by atoms with E-state index in [-0.39, 0.29) is 24.8 Å². The molecule has 0 unspecified atom stereocenters. The number of hydrogen-bond acceptors (Lipinski definition) is 4. The van der Waals surface area contributed by atoms with Crippen molar-refractivity contribution in [1.29, 1.82) is 0 Å². The Morgan fingerprint density at radius 1 is 1.07 bits per heavy atom. The van der Waals surface area contributed by atoms with Crippen LogP contribution in [-0.4, -0.2) is 26.7 Å².